The average molecular weight is 369 g/mol. The monoisotopic (exact) mass is 368 g/mol. The minimum Gasteiger partial charge on any atom is -0.494 e. The number of hydrogen-bond donors (Lipinski definition) is 1. The summed E-state index contributed by atoms with van der Waals surface area (Å²) >= 11 is 5.84. The van der Waals surface area contributed by atoms with Crippen LogP contribution in [0.25, 0.3) is 6.08 Å². The highest BCUT2D eigenvalue weighted by Crippen LogP contribution is 2.15. The lowest BCUT2D eigenvalue weighted by Crippen LogP contribution is -2.23. The largest absolute Gasteiger partial charge is 0.494 e. The lowest BCUT2D eigenvalue weighted by Gasteiger charge is -2.06. The third-order valence-corrected chi connectivity index (χ3v) is 3.94. The maximum atomic E-state index is 12.2. The Labute approximate surface area is 159 Å². The van der Waals surface area contributed by atoms with Gasteiger partial charge >= 0.3 is 0 Å². The van der Waals surface area contributed by atoms with E-state index in [4.69, 9.17) is 16.3 Å². The van der Waals surface area contributed by atoms with E-state index in [-0.39, 0.29) is 5.57 Å². The van der Waals surface area contributed by atoms with Gasteiger partial charge in [-0.1, -0.05) is 49.2 Å². The molecule has 0 heterocycles. The first-order valence-corrected chi connectivity index (χ1v) is 8.87. The van der Waals surface area contributed by atoms with Crippen LogP contribution < -0.4 is 10.1 Å². The van der Waals surface area contributed by atoms with Crippen LogP contribution in [0.5, 0.6) is 5.75 Å². The molecule has 2 aromatic rings. The van der Waals surface area contributed by atoms with Crippen LogP contribution in [0.2, 0.25) is 5.02 Å². The van der Waals surface area contributed by atoms with Gasteiger partial charge in [0.05, 0.1) is 6.61 Å². The van der Waals surface area contributed by atoms with Crippen LogP contribution in [-0.2, 0) is 11.3 Å². The maximum absolute atomic E-state index is 12.2. The summed E-state index contributed by atoms with van der Waals surface area (Å²) in [5.74, 6) is 0.368. The zero-order valence-corrected chi connectivity index (χ0v) is 15.4. The van der Waals surface area contributed by atoms with Gasteiger partial charge in [0.2, 0.25) is 0 Å². The van der Waals surface area contributed by atoms with Crippen LogP contribution in [0.3, 0.4) is 0 Å². The second-order valence-corrected chi connectivity index (χ2v) is 6.19. The molecule has 0 aliphatic carbocycles. The van der Waals surface area contributed by atoms with Gasteiger partial charge in [-0.25, -0.2) is 0 Å². The summed E-state index contributed by atoms with van der Waals surface area (Å²) in [7, 11) is 0. The highest BCUT2D eigenvalue weighted by molar-refractivity contribution is 6.30. The van der Waals surface area contributed by atoms with E-state index in [1.165, 1.54) is 0 Å². The number of halogens is 1. The van der Waals surface area contributed by atoms with Gasteiger partial charge in [0, 0.05) is 11.6 Å². The first-order chi connectivity index (χ1) is 12.6. The molecule has 0 atom stereocenters. The van der Waals surface area contributed by atoms with Crippen LogP contribution in [-0.4, -0.2) is 12.5 Å². The van der Waals surface area contributed by atoms with Gasteiger partial charge in [-0.05, 0) is 47.9 Å². The Kier molecular flexibility index (Phi) is 7.73. The van der Waals surface area contributed by atoms with Crippen molar-refractivity contribution in [3.8, 4) is 11.8 Å². The molecule has 1 amide bonds. The fraction of sp³-hybridized carbons (Fsp3) is 0.238. The Balaban J connectivity index is 1.96. The summed E-state index contributed by atoms with van der Waals surface area (Å²) in [5, 5.41) is 12.6. The van der Waals surface area contributed by atoms with Crippen molar-refractivity contribution in [3.63, 3.8) is 0 Å². The summed E-state index contributed by atoms with van der Waals surface area (Å²) in [6.45, 7) is 3.13. The molecule has 2 aromatic carbocycles. The van der Waals surface area contributed by atoms with Crippen molar-refractivity contribution >= 4 is 23.6 Å². The van der Waals surface area contributed by atoms with Crippen molar-refractivity contribution in [2.45, 2.75) is 26.3 Å². The van der Waals surface area contributed by atoms with E-state index >= 15 is 0 Å². The Morgan fingerprint density at radius 1 is 1.19 bits per heavy atom. The molecule has 0 aliphatic rings. The van der Waals surface area contributed by atoms with E-state index in [1.807, 2.05) is 42.5 Å². The van der Waals surface area contributed by atoms with Crippen molar-refractivity contribution < 1.29 is 9.53 Å². The number of nitrogens with one attached hydrogen (secondary N) is 1. The molecule has 2 rings (SSSR count). The van der Waals surface area contributed by atoms with E-state index in [1.54, 1.807) is 18.2 Å². The van der Waals surface area contributed by atoms with Gasteiger partial charge in [0.25, 0.3) is 5.91 Å². The van der Waals surface area contributed by atoms with E-state index in [0.29, 0.717) is 18.2 Å². The van der Waals surface area contributed by atoms with Crippen molar-refractivity contribution in [2.75, 3.05) is 6.61 Å². The predicted molar refractivity (Wildman–Crippen MR) is 104 cm³/mol. The summed E-state index contributed by atoms with van der Waals surface area (Å²) < 4.78 is 5.60. The molecular formula is C21H21ClN2O2. The molecule has 0 aliphatic heterocycles. The first-order valence-electron chi connectivity index (χ1n) is 8.49. The smallest absolute Gasteiger partial charge is 0.262 e. The van der Waals surface area contributed by atoms with Gasteiger partial charge in [-0.2, -0.15) is 5.26 Å². The highest BCUT2D eigenvalue weighted by Gasteiger charge is 2.09. The molecule has 0 fully saturated rings. The number of benzene rings is 2. The minimum absolute atomic E-state index is 0.0543. The fourth-order valence-electron chi connectivity index (χ4n) is 2.19. The molecule has 134 valence electrons. The number of nitriles is 1. The lowest BCUT2D eigenvalue weighted by atomic mass is 10.1. The van der Waals surface area contributed by atoms with Gasteiger partial charge in [-0.3, -0.25) is 4.79 Å². The third-order valence-electron chi connectivity index (χ3n) is 3.69. The van der Waals surface area contributed by atoms with E-state index < -0.39 is 5.91 Å². The van der Waals surface area contributed by atoms with Crippen LogP contribution >= 0.6 is 11.6 Å². The number of unbranched alkanes of at least 4 members (excludes halogenated alkanes) is 1. The SMILES string of the molecule is CCCCOc1ccc(C=C(C#N)C(=O)NCc2ccc(Cl)cc2)cc1. The Hall–Kier alpha value is -2.77. The van der Waals surface area contributed by atoms with Crippen LogP contribution in [0, 0.1) is 11.3 Å². The third kappa shape index (κ3) is 6.27. The van der Waals surface area contributed by atoms with Gasteiger partial charge < -0.3 is 10.1 Å². The van der Waals surface area contributed by atoms with E-state index in [9.17, 15) is 10.1 Å². The summed E-state index contributed by atoms with van der Waals surface area (Å²) in [6.07, 6.45) is 3.65. The Bertz CT molecular complexity index is 790. The molecular weight excluding hydrogens is 348 g/mol. The highest BCUT2D eigenvalue weighted by atomic mass is 35.5. The molecule has 0 aromatic heterocycles. The number of amides is 1. The first kappa shape index (κ1) is 19.6. The number of nitrogens with zero attached hydrogens (tertiary/aromatic N) is 1. The molecule has 0 bridgehead atoms. The predicted octanol–water partition coefficient (Wildman–Crippen LogP) is 4.74. The summed E-state index contributed by atoms with van der Waals surface area (Å²) in [6, 6.07) is 16.4. The second-order valence-electron chi connectivity index (χ2n) is 5.75. The number of ether oxygens (including phenoxy) is 1. The van der Waals surface area contributed by atoms with Crippen LogP contribution in [0.1, 0.15) is 30.9 Å². The van der Waals surface area contributed by atoms with E-state index in [2.05, 4.69) is 12.2 Å². The normalized spacial score (nSPS) is 10.9. The van der Waals surface area contributed by atoms with Crippen molar-refractivity contribution in [2.24, 2.45) is 0 Å². The van der Waals surface area contributed by atoms with Crippen LogP contribution in [0.4, 0.5) is 0 Å². The second kappa shape index (κ2) is 10.3. The topological polar surface area (TPSA) is 62.1 Å². The number of carbonyl (C=O) groups excluding carboxylic acids is 1. The molecule has 0 radical (unpaired) electrons. The van der Waals surface area contributed by atoms with Gasteiger partial charge in [-0.15, -0.1) is 0 Å². The standard InChI is InChI=1S/C21H21ClN2O2/c1-2-3-12-26-20-10-6-16(7-11-20)13-18(14-23)21(25)24-15-17-4-8-19(22)9-5-17/h4-11,13H,2-3,12,15H2,1H3,(H,24,25). The molecule has 26 heavy (non-hydrogen) atoms. The average Bonchev–Trinajstić information content (AvgIpc) is 2.67. The Morgan fingerprint density at radius 3 is 2.50 bits per heavy atom. The number of rotatable bonds is 8. The molecule has 0 spiro atoms. The fourth-order valence-corrected chi connectivity index (χ4v) is 2.32. The van der Waals surface area contributed by atoms with Gasteiger partial charge in [0.1, 0.15) is 17.4 Å². The van der Waals surface area contributed by atoms with Gasteiger partial charge in [0.15, 0.2) is 0 Å². The van der Waals surface area contributed by atoms with Crippen molar-refractivity contribution in [1.82, 2.24) is 5.32 Å². The van der Waals surface area contributed by atoms with E-state index in [0.717, 1.165) is 29.7 Å². The molecule has 0 saturated carbocycles. The quantitative estimate of drug-likeness (QED) is 0.415. The molecule has 1 N–H and O–H groups in total. The molecule has 0 saturated heterocycles. The molecule has 5 heteroatoms. The molecule has 4 nitrogen and oxygen atoms in total. The summed E-state index contributed by atoms with van der Waals surface area (Å²) in [4.78, 5) is 12.2. The zero-order valence-electron chi connectivity index (χ0n) is 14.7. The lowest BCUT2D eigenvalue weighted by molar-refractivity contribution is -0.117. The zero-order chi connectivity index (χ0) is 18.8. The Morgan fingerprint density at radius 2 is 1.88 bits per heavy atom. The van der Waals surface area contributed by atoms with Crippen LogP contribution in [0.15, 0.2) is 54.1 Å². The summed E-state index contributed by atoms with van der Waals surface area (Å²) in [5.41, 5.74) is 1.73. The van der Waals surface area contributed by atoms with Crippen molar-refractivity contribution in [3.05, 3.63) is 70.3 Å². The number of carbonyl (C=O) groups is 1. The molecule has 0 unspecified atom stereocenters. The van der Waals surface area contributed by atoms with Crippen molar-refractivity contribution in [1.29, 1.82) is 5.26 Å². The number of hydrogen-bond acceptors (Lipinski definition) is 3. The maximum Gasteiger partial charge on any atom is 0.262 e. The minimum atomic E-state index is -0.411.